The Morgan fingerprint density at radius 1 is 1.46 bits per heavy atom. The van der Waals surface area contributed by atoms with Crippen LogP contribution in [-0.2, 0) is 0 Å². The second-order valence-electron chi connectivity index (χ2n) is 2.61. The summed E-state index contributed by atoms with van der Waals surface area (Å²) in [5, 5.41) is 0. The Kier molecular flexibility index (Phi) is 2.72. The van der Waals surface area contributed by atoms with Crippen LogP contribution in [0.3, 0.4) is 0 Å². The van der Waals surface area contributed by atoms with Gasteiger partial charge in [-0.25, -0.2) is 4.57 Å². The minimum atomic E-state index is 0.422. The minimum absolute atomic E-state index is 0.422. The predicted octanol–water partition coefficient (Wildman–Crippen LogP) is 1.68. The standard InChI is InChI=1S/C7H7IN3P2/c1-12-4-5-10-7(8)9-3-11(5)6(4)13-2/h3-4,6H,1-2H2/q+1. The molecular weight excluding hydrogens is 315 g/mol. The number of rotatable bonds is 2. The first-order valence-corrected chi connectivity index (χ1v) is 7.01. The third kappa shape index (κ3) is 1.45. The number of nitrogens with zero attached hydrogens (tertiary/aromatic N) is 3. The molecule has 3 nitrogen and oxygen atoms in total. The van der Waals surface area contributed by atoms with E-state index in [4.69, 9.17) is 0 Å². The van der Waals surface area contributed by atoms with Crippen LogP contribution in [0.1, 0.15) is 17.3 Å². The van der Waals surface area contributed by atoms with E-state index in [9.17, 15) is 0 Å². The highest BCUT2D eigenvalue weighted by molar-refractivity contribution is 14.1. The first kappa shape index (κ1) is 9.63. The Balaban J connectivity index is 2.48. The second kappa shape index (κ2) is 3.68. The van der Waals surface area contributed by atoms with Crippen LogP contribution in [-0.4, -0.2) is 22.6 Å². The van der Waals surface area contributed by atoms with Gasteiger partial charge in [0.15, 0.2) is 0 Å². The van der Waals surface area contributed by atoms with Gasteiger partial charge in [0.05, 0.1) is 0 Å². The maximum absolute atomic E-state index is 4.37. The quantitative estimate of drug-likeness (QED) is 0.471. The fourth-order valence-corrected chi connectivity index (χ4v) is 3.65. The molecule has 1 aliphatic rings. The largest absolute Gasteiger partial charge is 0.336 e. The van der Waals surface area contributed by atoms with E-state index >= 15 is 0 Å². The molecule has 1 aromatic heterocycles. The van der Waals surface area contributed by atoms with Gasteiger partial charge in [0.1, 0.15) is 11.4 Å². The second-order valence-corrected chi connectivity index (χ2v) is 5.40. The molecule has 2 heterocycles. The van der Waals surface area contributed by atoms with E-state index < -0.39 is 0 Å². The van der Waals surface area contributed by atoms with Gasteiger partial charge < -0.3 is 0 Å². The molecule has 2 rings (SSSR count). The SMILES string of the molecule is C=PC1c2nc(I)nc[n+]2C1P=C. The Bertz CT molecular complexity index is 382. The highest BCUT2D eigenvalue weighted by atomic mass is 127. The fourth-order valence-electron chi connectivity index (χ4n) is 1.34. The summed E-state index contributed by atoms with van der Waals surface area (Å²) >= 11 is 2.12. The highest BCUT2D eigenvalue weighted by Crippen LogP contribution is 2.44. The molecule has 0 saturated carbocycles. The average Bonchev–Trinajstić information content (AvgIpc) is 2.11. The topological polar surface area (TPSA) is 29.7 Å². The average molecular weight is 322 g/mol. The van der Waals surface area contributed by atoms with Crippen LogP contribution < -0.4 is 4.57 Å². The Morgan fingerprint density at radius 2 is 2.23 bits per heavy atom. The smallest absolute Gasteiger partial charge is 0.224 e. The summed E-state index contributed by atoms with van der Waals surface area (Å²) in [6, 6.07) is 0. The van der Waals surface area contributed by atoms with E-state index in [1.54, 1.807) is 0 Å². The van der Waals surface area contributed by atoms with Crippen molar-refractivity contribution in [3.05, 3.63) is 16.0 Å². The zero-order valence-corrected chi connectivity index (χ0v) is 10.7. The summed E-state index contributed by atoms with van der Waals surface area (Å²) in [6.45, 7) is 0. The van der Waals surface area contributed by atoms with Gasteiger partial charge in [-0.2, -0.15) is 0 Å². The van der Waals surface area contributed by atoms with E-state index in [-0.39, 0.29) is 0 Å². The fraction of sp³-hybridized carbons (Fsp3) is 0.286. The first-order valence-electron chi connectivity index (χ1n) is 3.63. The summed E-state index contributed by atoms with van der Waals surface area (Å²) in [7, 11) is 2.24. The van der Waals surface area contributed by atoms with Gasteiger partial charge in [0.2, 0.25) is 6.33 Å². The van der Waals surface area contributed by atoms with Crippen LogP contribution in [0, 0.1) is 3.83 Å². The number of fused-ring (bicyclic) bond motifs is 1. The summed E-state index contributed by atoms with van der Waals surface area (Å²) in [4.78, 5) is 8.51. The number of halogens is 1. The van der Waals surface area contributed by atoms with Crippen molar-refractivity contribution in [2.45, 2.75) is 11.4 Å². The van der Waals surface area contributed by atoms with Crippen LogP contribution >= 0.6 is 39.0 Å². The third-order valence-corrected chi connectivity index (χ3v) is 4.56. The van der Waals surface area contributed by atoms with Gasteiger partial charge in [-0.15, -0.1) is 0 Å². The minimum Gasteiger partial charge on any atom is -0.224 e. The Hall–Kier alpha value is 0.0800. The van der Waals surface area contributed by atoms with E-state index in [1.165, 1.54) is 0 Å². The predicted molar refractivity (Wildman–Crippen MR) is 64.8 cm³/mol. The van der Waals surface area contributed by atoms with Crippen LogP contribution in [0.5, 0.6) is 0 Å². The van der Waals surface area contributed by atoms with Crippen molar-refractivity contribution in [2.75, 3.05) is 0 Å². The molecule has 0 bridgehead atoms. The lowest BCUT2D eigenvalue weighted by molar-refractivity contribution is -0.752. The van der Waals surface area contributed by atoms with Crippen LogP contribution in [0.2, 0.25) is 0 Å². The van der Waals surface area contributed by atoms with Crippen molar-refractivity contribution in [1.82, 2.24) is 9.97 Å². The van der Waals surface area contributed by atoms with Crippen LogP contribution in [0.15, 0.2) is 6.33 Å². The molecule has 13 heavy (non-hydrogen) atoms. The molecule has 0 spiro atoms. The monoisotopic (exact) mass is 322 g/mol. The molecule has 0 N–H and O–H groups in total. The van der Waals surface area contributed by atoms with Crippen molar-refractivity contribution in [3.8, 4) is 0 Å². The van der Waals surface area contributed by atoms with Crippen molar-refractivity contribution in [2.24, 2.45) is 0 Å². The molecule has 6 heteroatoms. The van der Waals surface area contributed by atoms with Gasteiger partial charge in [-0.1, -0.05) is 39.0 Å². The molecule has 2 atom stereocenters. The highest BCUT2D eigenvalue weighted by Gasteiger charge is 2.42. The lowest BCUT2D eigenvalue weighted by Gasteiger charge is -2.28. The van der Waals surface area contributed by atoms with Gasteiger partial charge in [0.25, 0.3) is 5.82 Å². The van der Waals surface area contributed by atoms with Crippen molar-refractivity contribution < 1.29 is 4.57 Å². The molecule has 0 saturated heterocycles. The van der Waals surface area contributed by atoms with Gasteiger partial charge in [-0.05, 0) is 0 Å². The third-order valence-electron chi connectivity index (χ3n) is 1.98. The van der Waals surface area contributed by atoms with E-state index in [0.717, 1.165) is 26.1 Å². The summed E-state index contributed by atoms with van der Waals surface area (Å²) < 4.78 is 2.89. The Labute approximate surface area is 93.4 Å². The van der Waals surface area contributed by atoms with Gasteiger partial charge in [-0.3, -0.25) is 0 Å². The van der Waals surface area contributed by atoms with E-state index in [0.29, 0.717) is 11.4 Å². The zero-order chi connectivity index (χ0) is 9.42. The summed E-state index contributed by atoms with van der Waals surface area (Å²) in [5.74, 6) is 1.52. The molecule has 1 aromatic rings. The maximum Gasteiger partial charge on any atom is 0.336 e. The first-order chi connectivity index (χ1) is 6.27. The number of hydrogen-bond acceptors (Lipinski definition) is 2. The van der Waals surface area contributed by atoms with E-state index in [2.05, 4.69) is 49.7 Å². The van der Waals surface area contributed by atoms with Gasteiger partial charge in [0, 0.05) is 22.6 Å². The van der Waals surface area contributed by atoms with E-state index in [1.807, 2.05) is 6.33 Å². The normalized spacial score (nSPS) is 25.6. The molecule has 0 radical (unpaired) electrons. The molecule has 0 fully saturated rings. The molecule has 2 unspecified atom stereocenters. The van der Waals surface area contributed by atoms with Crippen molar-refractivity contribution in [3.63, 3.8) is 0 Å². The van der Waals surface area contributed by atoms with Crippen LogP contribution in [0.25, 0.3) is 0 Å². The maximum atomic E-state index is 4.37. The van der Waals surface area contributed by atoms with Gasteiger partial charge >= 0.3 is 3.83 Å². The molecular formula is C7H7IN3P2+. The Morgan fingerprint density at radius 3 is 2.85 bits per heavy atom. The number of aromatic nitrogens is 3. The van der Waals surface area contributed by atoms with Crippen LogP contribution in [0.4, 0.5) is 0 Å². The van der Waals surface area contributed by atoms with Crippen molar-refractivity contribution >= 4 is 51.6 Å². The number of hydrogen-bond donors (Lipinski definition) is 0. The lowest BCUT2D eigenvalue weighted by Crippen LogP contribution is -2.54. The molecule has 0 amide bonds. The zero-order valence-electron chi connectivity index (χ0n) is 6.76. The molecule has 0 aromatic carbocycles. The lowest BCUT2D eigenvalue weighted by atomic mass is 10.2. The summed E-state index contributed by atoms with van der Waals surface area (Å²) in [6.07, 6.45) is 9.63. The molecule has 1 aliphatic heterocycles. The summed E-state index contributed by atoms with van der Waals surface area (Å²) in [5.41, 5.74) is 0.440. The van der Waals surface area contributed by atoms with Crippen molar-refractivity contribution in [1.29, 1.82) is 0 Å². The molecule has 0 aliphatic carbocycles. The molecule has 66 valence electrons.